The van der Waals surface area contributed by atoms with Crippen molar-refractivity contribution in [2.75, 3.05) is 46.1 Å². The van der Waals surface area contributed by atoms with E-state index in [4.69, 9.17) is 10.5 Å². The molecule has 118 valence electrons. The summed E-state index contributed by atoms with van der Waals surface area (Å²) in [4.78, 5) is 15.1. The van der Waals surface area contributed by atoms with E-state index in [-0.39, 0.29) is 19.1 Å². The van der Waals surface area contributed by atoms with E-state index in [9.17, 15) is 9.90 Å². The number of hydrogen-bond acceptors (Lipinski definition) is 5. The molecule has 21 heavy (non-hydrogen) atoms. The molecule has 1 amide bonds. The zero-order valence-electron chi connectivity index (χ0n) is 13.0. The Hall–Kier alpha value is -1.79. The number of hydrogen-bond donors (Lipinski definition) is 2. The number of ether oxygens (including phenoxy) is 1. The van der Waals surface area contributed by atoms with E-state index in [0.717, 1.165) is 0 Å². The van der Waals surface area contributed by atoms with Gasteiger partial charge in [-0.05, 0) is 18.7 Å². The number of nitrogen functional groups attached to an aromatic ring is 1. The molecule has 0 aliphatic heterocycles. The maximum Gasteiger partial charge on any atom is 0.236 e. The minimum absolute atomic E-state index is 0.0114. The lowest BCUT2D eigenvalue weighted by atomic mass is 10.3. The van der Waals surface area contributed by atoms with Crippen molar-refractivity contribution in [3.05, 3.63) is 24.3 Å². The number of benzene rings is 1. The third kappa shape index (κ3) is 6.01. The van der Waals surface area contributed by atoms with Crippen LogP contribution in [0.1, 0.15) is 6.92 Å². The molecule has 0 aliphatic rings. The number of amides is 1. The van der Waals surface area contributed by atoms with E-state index in [1.54, 1.807) is 26.2 Å². The molecule has 0 bridgehead atoms. The van der Waals surface area contributed by atoms with Crippen LogP contribution in [0.4, 0.5) is 5.69 Å². The summed E-state index contributed by atoms with van der Waals surface area (Å²) >= 11 is 0. The molecule has 0 saturated carbocycles. The monoisotopic (exact) mass is 295 g/mol. The van der Waals surface area contributed by atoms with E-state index in [1.165, 1.54) is 4.90 Å². The predicted molar refractivity (Wildman–Crippen MR) is 83.2 cm³/mol. The summed E-state index contributed by atoms with van der Waals surface area (Å²) in [5.74, 6) is 0.571. The van der Waals surface area contributed by atoms with Crippen LogP contribution in [0.2, 0.25) is 0 Å². The van der Waals surface area contributed by atoms with Gasteiger partial charge >= 0.3 is 0 Å². The zero-order chi connectivity index (χ0) is 15.8. The highest BCUT2D eigenvalue weighted by Crippen LogP contribution is 2.19. The maximum absolute atomic E-state index is 11.7. The Bertz CT molecular complexity index is 452. The van der Waals surface area contributed by atoms with E-state index >= 15 is 0 Å². The third-order valence-electron chi connectivity index (χ3n) is 3.12. The fourth-order valence-corrected chi connectivity index (χ4v) is 1.79. The Morgan fingerprint density at radius 2 is 2.05 bits per heavy atom. The van der Waals surface area contributed by atoms with Crippen molar-refractivity contribution in [2.45, 2.75) is 13.0 Å². The second kappa shape index (κ2) is 8.49. The fraction of sp³-hybridized carbons (Fsp3) is 0.533. The van der Waals surface area contributed by atoms with Gasteiger partial charge in [-0.25, -0.2) is 0 Å². The van der Waals surface area contributed by atoms with Gasteiger partial charge in [0.25, 0.3) is 0 Å². The summed E-state index contributed by atoms with van der Waals surface area (Å²) in [6.07, 6.45) is -0.681. The molecule has 0 radical (unpaired) electrons. The Balaban J connectivity index is 2.42. The van der Waals surface area contributed by atoms with Gasteiger partial charge < -0.3 is 20.5 Å². The highest BCUT2D eigenvalue weighted by Gasteiger charge is 2.15. The molecule has 0 fully saturated rings. The highest BCUT2D eigenvalue weighted by molar-refractivity contribution is 5.77. The Kier molecular flexibility index (Phi) is 6.98. The summed E-state index contributed by atoms with van der Waals surface area (Å²) in [7, 11) is 3.43. The van der Waals surface area contributed by atoms with Gasteiger partial charge in [0, 0.05) is 20.6 Å². The molecular formula is C15H25N3O3. The molecule has 6 nitrogen and oxygen atoms in total. The van der Waals surface area contributed by atoms with Crippen LogP contribution in [-0.4, -0.2) is 67.3 Å². The van der Waals surface area contributed by atoms with Gasteiger partial charge in [-0.3, -0.25) is 9.69 Å². The summed E-state index contributed by atoms with van der Waals surface area (Å²) in [5, 5.41) is 10.0. The molecular weight excluding hydrogens is 270 g/mol. The topological polar surface area (TPSA) is 79.0 Å². The first-order valence-electron chi connectivity index (χ1n) is 7.02. The molecule has 0 aliphatic carbocycles. The molecule has 1 aromatic carbocycles. The molecule has 3 N–H and O–H groups in total. The molecule has 1 unspecified atom stereocenters. The zero-order valence-corrected chi connectivity index (χ0v) is 13.0. The second-order valence-electron chi connectivity index (χ2n) is 5.12. The minimum atomic E-state index is -0.681. The van der Waals surface area contributed by atoms with Crippen LogP contribution in [-0.2, 0) is 4.79 Å². The SMILES string of the molecule is CCN(CC(=O)N(C)C)CC(O)COc1ccccc1N. The normalized spacial score (nSPS) is 12.2. The summed E-state index contributed by atoms with van der Waals surface area (Å²) in [6, 6.07) is 7.15. The van der Waals surface area contributed by atoms with Crippen molar-refractivity contribution in [3.63, 3.8) is 0 Å². The van der Waals surface area contributed by atoms with Gasteiger partial charge in [0.05, 0.1) is 12.2 Å². The lowest BCUT2D eigenvalue weighted by molar-refractivity contribution is -0.130. The van der Waals surface area contributed by atoms with Crippen LogP contribution in [0, 0.1) is 0 Å². The number of aliphatic hydroxyl groups excluding tert-OH is 1. The first-order chi connectivity index (χ1) is 9.93. The predicted octanol–water partition coefficient (Wildman–Crippen LogP) is 0.419. The van der Waals surface area contributed by atoms with Crippen LogP contribution < -0.4 is 10.5 Å². The van der Waals surface area contributed by atoms with Gasteiger partial charge in [0.15, 0.2) is 0 Å². The van der Waals surface area contributed by atoms with E-state index < -0.39 is 6.10 Å². The smallest absolute Gasteiger partial charge is 0.236 e. The van der Waals surface area contributed by atoms with Gasteiger partial charge in [-0.1, -0.05) is 19.1 Å². The van der Waals surface area contributed by atoms with Crippen molar-refractivity contribution in [1.82, 2.24) is 9.80 Å². The highest BCUT2D eigenvalue weighted by atomic mass is 16.5. The number of nitrogens with two attached hydrogens (primary N) is 1. The standard InChI is InChI=1S/C15H25N3O3/c1-4-18(10-15(20)17(2)3)9-12(19)11-21-14-8-6-5-7-13(14)16/h5-8,12,19H,4,9-11,16H2,1-3H3. The Morgan fingerprint density at radius 1 is 1.38 bits per heavy atom. The molecule has 0 saturated heterocycles. The average molecular weight is 295 g/mol. The van der Waals surface area contributed by atoms with Crippen LogP contribution in [0.3, 0.4) is 0 Å². The number of carbonyl (C=O) groups excluding carboxylic acids is 1. The maximum atomic E-state index is 11.7. The van der Waals surface area contributed by atoms with Crippen molar-refractivity contribution in [3.8, 4) is 5.75 Å². The van der Waals surface area contributed by atoms with Crippen LogP contribution in [0.15, 0.2) is 24.3 Å². The number of rotatable bonds is 8. The first kappa shape index (κ1) is 17.3. The quantitative estimate of drug-likeness (QED) is 0.680. The molecule has 1 atom stereocenters. The molecule has 1 aromatic rings. The van der Waals surface area contributed by atoms with Crippen molar-refractivity contribution in [2.24, 2.45) is 0 Å². The van der Waals surface area contributed by atoms with E-state index in [2.05, 4.69) is 0 Å². The van der Waals surface area contributed by atoms with Crippen LogP contribution in [0.25, 0.3) is 0 Å². The fourth-order valence-electron chi connectivity index (χ4n) is 1.79. The third-order valence-corrected chi connectivity index (χ3v) is 3.12. The number of anilines is 1. The summed E-state index contributed by atoms with van der Waals surface area (Å²) in [5.41, 5.74) is 6.31. The van der Waals surface area contributed by atoms with Gasteiger partial charge in [-0.2, -0.15) is 0 Å². The molecule has 1 rings (SSSR count). The number of likely N-dealkylation sites (N-methyl/N-ethyl adjacent to an activating group) is 2. The van der Waals surface area contributed by atoms with Gasteiger partial charge in [0.2, 0.25) is 5.91 Å². The number of para-hydroxylation sites is 2. The first-order valence-corrected chi connectivity index (χ1v) is 7.02. The molecule has 0 heterocycles. The summed E-state index contributed by atoms with van der Waals surface area (Å²) < 4.78 is 5.50. The average Bonchev–Trinajstić information content (AvgIpc) is 2.45. The van der Waals surface area contributed by atoms with Crippen LogP contribution >= 0.6 is 0 Å². The lowest BCUT2D eigenvalue weighted by Gasteiger charge is -2.24. The van der Waals surface area contributed by atoms with Crippen molar-refractivity contribution in [1.29, 1.82) is 0 Å². The summed E-state index contributed by atoms with van der Waals surface area (Å²) in [6.45, 7) is 3.44. The van der Waals surface area contributed by atoms with Gasteiger partial charge in [-0.15, -0.1) is 0 Å². The second-order valence-corrected chi connectivity index (χ2v) is 5.12. The molecule has 6 heteroatoms. The number of carbonyl (C=O) groups is 1. The Labute approximate surface area is 126 Å². The van der Waals surface area contributed by atoms with Gasteiger partial charge in [0.1, 0.15) is 18.5 Å². The molecule has 0 spiro atoms. The molecule has 0 aromatic heterocycles. The van der Waals surface area contributed by atoms with Crippen molar-refractivity contribution < 1.29 is 14.6 Å². The van der Waals surface area contributed by atoms with Crippen LogP contribution in [0.5, 0.6) is 5.75 Å². The minimum Gasteiger partial charge on any atom is -0.489 e. The van der Waals surface area contributed by atoms with Crippen molar-refractivity contribution >= 4 is 11.6 Å². The van der Waals surface area contributed by atoms with E-state index in [1.807, 2.05) is 24.0 Å². The number of nitrogens with zero attached hydrogens (tertiary/aromatic N) is 2. The Morgan fingerprint density at radius 3 is 2.62 bits per heavy atom. The van der Waals surface area contributed by atoms with E-state index in [0.29, 0.717) is 24.5 Å². The lowest BCUT2D eigenvalue weighted by Crippen LogP contribution is -2.41. The number of aliphatic hydroxyl groups is 1. The largest absolute Gasteiger partial charge is 0.489 e.